The third-order valence-corrected chi connectivity index (χ3v) is 6.08. The number of carbonyl (C=O) groups excluding carboxylic acids is 1. The van der Waals surface area contributed by atoms with Crippen LogP contribution in [0.25, 0.3) is 5.52 Å². The van der Waals surface area contributed by atoms with E-state index in [9.17, 15) is 14.3 Å². The first-order chi connectivity index (χ1) is 13.9. The number of likely N-dealkylation sites (tertiary alicyclic amines) is 1. The smallest absolute Gasteiger partial charge is 0.224 e. The molecule has 8 heteroatoms. The first kappa shape index (κ1) is 21.2. The van der Waals surface area contributed by atoms with E-state index in [1.165, 1.54) is 6.07 Å². The van der Waals surface area contributed by atoms with E-state index in [1.807, 2.05) is 39.5 Å². The van der Waals surface area contributed by atoms with Crippen molar-refractivity contribution in [2.45, 2.75) is 59.1 Å². The van der Waals surface area contributed by atoms with Crippen LogP contribution in [-0.4, -0.2) is 50.4 Å². The van der Waals surface area contributed by atoms with Crippen LogP contribution in [0.5, 0.6) is 0 Å². The average molecular weight is 419 g/mol. The number of aryl methyl sites for hydroxylation is 1. The molecule has 1 aliphatic carbocycles. The molecule has 4 atom stereocenters. The molecular formula is C22H31FN4O3. The highest BCUT2D eigenvalue weighted by Gasteiger charge is 2.60. The first-order valence-corrected chi connectivity index (χ1v) is 10.4. The monoisotopic (exact) mass is 418 g/mol. The van der Waals surface area contributed by atoms with Gasteiger partial charge in [-0.15, -0.1) is 0 Å². The number of fused-ring (bicyclic) bond motifs is 2. The fraction of sp³-hybridized carbons (Fsp3) is 0.636. The lowest BCUT2D eigenvalue weighted by atomic mass is 10.0. The quantitative estimate of drug-likeness (QED) is 0.729. The van der Waals surface area contributed by atoms with Gasteiger partial charge in [0, 0.05) is 25.2 Å². The Bertz CT molecular complexity index is 969. The van der Waals surface area contributed by atoms with Gasteiger partial charge in [-0.05, 0) is 65.5 Å². The van der Waals surface area contributed by atoms with E-state index in [2.05, 4.69) is 10.3 Å². The molecule has 0 bridgehead atoms. The van der Waals surface area contributed by atoms with E-state index in [0.29, 0.717) is 30.1 Å². The second-order valence-electron chi connectivity index (χ2n) is 10.1. The summed E-state index contributed by atoms with van der Waals surface area (Å²) in [5, 5.41) is 13.4. The molecule has 7 nitrogen and oxygen atoms in total. The lowest BCUT2D eigenvalue weighted by Gasteiger charge is -2.31. The maximum absolute atomic E-state index is 14.2. The van der Waals surface area contributed by atoms with Crippen molar-refractivity contribution in [1.29, 1.82) is 0 Å². The number of hydrogen-bond donors (Lipinski definition) is 2. The summed E-state index contributed by atoms with van der Waals surface area (Å²) < 4.78 is 21.6. The molecule has 0 aromatic carbocycles. The highest BCUT2D eigenvalue weighted by molar-refractivity contribution is 5.83. The largest absolute Gasteiger partial charge is 0.356 e. The highest BCUT2D eigenvalue weighted by atomic mass is 19.1. The van der Waals surface area contributed by atoms with Crippen molar-refractivity contribution in [2.24, 2.45) is 17.8 Å². The molecular weight excluding hydrogens is 387 g/mol. The molecule has 0 radical (unpaired) electrons. The lowest BCUT2D eigenvalue weighted by Crippen LogP contribution is -2.46. The third kappa shape index (κ3) is 3.72. The van der Waals surface area contributed by atoms with Gasteiger partial charge in [-0.25, -0.2) is 9.37 Å². The molecule has 1 saturated heterocycles. The summed E-state index contributed by atoms with van der Waals surface area (Å²) in [6.45, 7) is 12.5. The van der Waals surface area contributed by atoms with Crippen molar-refractivity contribution in [2.75, 3.05) is 13.1 Å². The number of halogens is 1. The number of aromatic nitrogens is 2. The number of carbonyl (C=O) groups is 1. The summed E-state index contributed by atoms with van der Waals surface area (Å²) >= 11 is 0. The summed E-state index contributed by atoms with van der Waals surface area (Å²) in [7, 11) is 0. The summed E-state index contributed by atoms with van der Waals surface area (Å²) in [4.78, 5) is 19.4. The van der Waals surface area contributed by atoms with Crippen LogP contribution in [0.15, 0.2) is 18.3 Å². The zero-order valence-corrected chi connectivity index (χ0v) is 18.4. The van der Waals surface area contributed by atoms with Gasteiger partial charge in [0.1, 0.15) is 17.2 Å². The van der Waals surface area contributed by atoms with Gasteiger partial charge >= 0.3 is 0 Å². The maximum Gasteiger partial charge on any atom is 0.224 e. The third-order valence-electron chi connectivity index (χ3n) is 6.08. The molecule has 2 aliphatic rings. The van der Waals surface area contributed by atoms with E-state index < -0.39 is 17.6 Å². The molecule has 1 amide bonds. The topological polar surface area (TPSA) is 79.1 Å². The number of hydrogen-bond acceptors (Lipinski definition) is 5. The summed E-state index contributed by atoms with van der Waals surface area (Å²) in [6, 6.07) is 3.05. The Labute approximate surface area is 176 Å². The van der Waals surface area contributed by atoms with Crippen LogP contribution in [0, 0.1) is 30.5 Å². The zero-order valence-electron chi connectivity index (χ0n) is 18.4. The van der Waals surface area contributed by atoms with Crippen LogP contribution in [0.4, 0.5) is 4.39 Å². The summed E-state index contributed by atoms with van der Waals surface area (Å²) in [5.74, 6) is 0.608. The maximum atomic E-state index is 14.2. The Kier molecular flexibility index (Phi) is 4.95. The van der Waals surface area contributed by atoms with Gasteiger partial charge in [0.05, 0.1) is 16.8 Å². The minimum Gasteiger partial charge on any atom is -0.356 e. The Morgan fingerprint density at radius 2 is 1.93 bits per heavy atom. The van der Waals surface area contributed by atoms with Gasteiger partial charge in [-0.3, -0.25) is 14.1 Å². The first-order valence-electron chi connectivity index (χ1n) is 10.4. The van der Waals surface area contributed by atoms with Crippen LogP contribution >= 0.6 is 0 Å². The van der Waals surface area contributed by atoms with E-state index in [-0.39, 0.29) is 29.5 Å². The van der Waals surface area contributed by atoms with Gasteiger partial charge < -0.3 is 15.2 Å². The molecule has 2 aromatic rings. The van der Waals surface area contributed by atoms with Crippen LogP contribution in [0.2, 0.25) is 0 Å². The van der Waals surface area contributed by atoms with Crippen molar-refractivity contribution in [3.8, 4) is 0 Å². The van der Waals surface area contributed by atoms with Gasteiger partial charge in [0.25, 0.3) is 0 Å². The van der Waals surface area contributed by atoms with Crippen LogP contribution in [0.3, 0.4) is 0 Å². The number of pyridine rings is 1. The molecule has 0 spiro atoms. The second-order valence-corrected chi connectivity index (χ2v) is 10.1. The molecule has 2 N–H and O–H groups in total. The van der Waals surface area contributed by atoms with Crippen molar-refractivity contribution < 1.29 is 19.0 Å². The summed E-state index contributed by atoms with van der Waals surface area (Å²) in [5.41, 5.74) is -0.163. The van der Waals surface area contributed by atoms with E-state index >= 15 is 0 Å². The number of nitrogens with one attached hydrogen (secondary N) is 1. The zero-order chi connectivity index (χ0) is 22.0. The molecule has 2 aromatic heterocycles. The second kappa shape index (κ2) is 7.00. The highest BCUT2D eigenvalue weighted by Crippen LogP contribution is 2.52. The number of amides is 1. The fourth-order valence-electron chi connectivity index (χ4n) is 4.68. The Balaban J connectivity index is 1.42. The number of piperidine rings is 1. The molecule has 3 heterocycles. The fourth-order valence-corrected chi connectivity index (χ4v) is 4.68. The van der Waals surface area contributed by atoms with Gasteiger partial charge in [-0.1, -0.05) is 0 Å². The number of aliphatic hydroxyl groups excluding tert-OH is 1. The minimum absolute atomic E-state index is 0.0216. The molecule has 4 rings (SSSR count). The molecule has 1 saturated carbocycles. The molecule has 2 fully saturated rings. The predicted molar refractivity (Wildman–Crippen MR) is 110 cm³/mol. The number of imidazole rings is 1. The molecule has 1 unspecified atom stereocenters. The molecule has 1 aliphatic heterocycles. The van der Waals surface area contributed by atoms with Crippen molar-refractivity contribution in [3.63, 3.8) is 0 Å². The van der Waals surface area contributed by atoms with E-state index in [1.54, 1.807) is 23.6 Å². The Hall–Kier alpha value is -2.03. The van der Waals surface area contributed by atoms with Gasteiger partial charge in [0.15, 0.2) is 0 Å². The summed E-state index contributed by atoms with van der Waals surface area (Å²) in [6.07, 6.45) is 0.814. The van der Waals surface area contributed by atoms with Crippen LogP contribution in [-0.2, 0) is 15.1 Å². The number of ether oxygens (including phenoxy) is 1. The number of aliphatic hydroxyl groups is 1. The van der Waals surface area contributed by atoms with Gasteiger partial charge in [-0.2, -0.15) is 0 Å². The Morgan fingerprint density at radius 3 is 2.53 bits per heavy atom. The SMILES string of the molecule is Cc1nc(C(C)(C)NC(=O)[C@H]2[C@@H]3CN(C(O)OC(C)(C)C)C[C@@H]32)n2cccc(F)c12. The van der Waals surface area contributed by atoms with E-state index in [4.69, 9.17) is 4.74 Å². The van der Waals surface area contributed by atoms with Crippen LogP contribution in [0.1, 0.15) is 46.1 Å². The van der Waals surface area contributed by atoms with Crippen molar-refractivity contribution in [1.82, 2.24) is 19.6 Å². The molecule has 30 heavy (non-hydrogen) atoms. The van der Waals surface area contributed by atoms with Crippen LogP contribution < -0.4 is 5.32 Å². The molecule has 164 valence electrons. The van der Waals surface area contributed by atoms with Gasteiger partial charge in [0.2, 0.25) is 12.3 Å². The van der Waals surface area contributed by atoms with Crippen molar-refractivity contribution in [3.05, 3.63) is 35.7 Å². The minimum atomic E-state index is -0.952. The standard InChI is InChI=1S/C22H31FN4O3/c1-12-17-15(23)8-7-9-27(17)19(24-12)22(5,6)25-18(28)16-13-10-26(11-14(13)16)20(29)30-21(2,3)4/h7-9,13-14,16,20,29H,10-11H2,1-6H3,(H,25,28)/t13-,14+,16+,20?. The average Bonchev–Trinajstić information content (AvgIpc) is 2.95. The number of nitrogens with zero attached hydrogens (tertiary/aromatic N) is 3. The Morgan fingerprint density at radius 1 is 1.30 bits per heavy atom. The predicted octanol–water partition coefficient (Wildman–Crippen LogP) is 2.40. The normalized spacial score (nSPS) is 25.4. The van der Waals surface area contributed by atoms with Crippen molar-refractivity contribution >= 4 is 11.4 Å². The van der Waals surface area contributed by atoms with E-state index in [0.717, 1.165) is 0 Å². The number of rotatable bonds is 5. The lowest BCUT2D eigenvalue weighted by molar-refractivity contribution is -0.236.